The van der Waals surface area contributed by atoms with Crippen molar-refractivity contribution in [2.24, 2.45) is 0 Å². The first-order valence-corrected chi connectivity index (χ1v) is 15.6. The van der Waals surface area contributed by atoms with Crippen molar-refractivity contribution in [3.05, 3.63) is 95.2 Å². The Hall–Kier alpha value is -4.59. The minimum absolute atomic E-state index is 0.0664. The molecule has 1 aromatic heterocycles. The Labute approximate surface area is 256 Å². The molecule has 0 radical (unpaired) electrons. The Bertz CT molecular complexity index is 1700. The second-order valence-corrected chi connectivity index (χ2v) is 12.0. The molecule has 1 aliphatic carbocycles. The molecule has 8 nitrogen and oxygen atoms in total. The van der Waals surface area contributed by atoms with Crippen molar-refractivity contribution in [1.82, 2.24) is 14.8 Å². The molecule has 3 aromatic carbocycles. The molecule has 1 N–H and O–H groups in total. The number of carbonyl (C=O) groups excluding carboxylic acids is 3. The number of methoxy groups -OCH3 is 1. The summed E-state index contributed by atoms with van der Waals surface area (Å²) in [5.41, 5.74) is 7.61. The molecule has 4 aromatic rings. The predicted octanol–water partition coefficient (Wildman–Crippen LogP) is 6.35. The molecule has 3 heterocycles. The number of ether oxygens (including phenoxy) is 2. The van der Waals surface area contributed by atoms with E-state index in [9.17, 15) is 14.4 Å². The number of hydrogen-bond donors (Lipinski definition) is 1. The van der Waals surface area contributed by atoms with Crippen LogP contribution in [0, 0.1) is 0 Å². The first-order chi connectivity index (χ1) is 21.5. The van der Waals surface area contributed by atoms with Crippen LogP contribution >= 0.6 is 0 Å². The van der Waals surface area contributed by atoms with Crippen molar-refractivity contribution in [2.45, 2.75) is 63.1 Å². The molecule has 0 bridgehead atoms. The molecule has 1 saturated heterocycles. The number of rotatable bonds is 6. The molecular formula is C36H37N3O5. The van der Waals surface area contributed by atoms with Gasteiger partial charge in [-0.2, -0.15) is 0 Å². The SMILES string of the molecule is CCC[C@H]1c2[nH]c3ccccc3c2C[C@@H](C(=O)OC)N1C(=O)[C@@H]1CCCN1C(=O)OCC1c2ccccc2-c2ccccc21. The number of para-hydroxylation sites is 1. The smallest absolute Gasteiger partial charge is 0.410 e. The summed E-state index contributed by atoms with van der Waals surface area (Å²) < 4.78 is 11.2. The number of nitrogens with zero attached hydrogens (tertiary/aromatic N) is 2. The van der Waals surface area contributed by atoms with Crippen LogP contribution < -0.4 is 0 Å². The Morgan fingerprint density at radius 1 is 0.909 bits per heavy atom. The summed E-state index contributed by atoms with van der Waals surface area (Å²) in [4.78, 5) is 48.2. The van der Waals surface area contributed by atoms with E-state index in [1.165, 1.54) is 7.11 Å². The molecule has 0 unspecified atom stereocenters. The van der Waals surface area contributed by atoms with Crippen LogP contribution in [0.4, 0.5) is 4.79 Å². The number of H-pyrrole nitrogens is 1. The van der Waals surface area contributed by atoms with Gasteiger partial charge in [-0.25, -0.2) is 9.59 Å². The maximum absolute atomic E-state index is 14.5. The van der Waals surface area contributed by atoms with E-state index in [2.05, 4.69) is 42.2 Å². The van der Waals surface area contributed by atoms with Crippen LogP contribution in [0.15, 0.2) is 72.8 Å². The van der Waals surface area contributed by atoms with E-state index in [0.717, 1.165) is 50.8 Å². The number of hydrogen-bond acceptors (Lipinski definition) is 5. The third kappa shape index (κ3) is 4.55. The first-order valence-electron chi connectivity index (χ1n) is 15.6. The van der Waals surface area contributed by atoms with Gasteiger partial charge in [0, 0.05) is 35.5 Å². The number of aromatic nitrogens is 1. The number of carbonyl (C=O) groups is 3. The summed E-state index contributed by atoms with van der Waals surface area (Å²) in [5, 5.41) is 1.06. The average Bonchev–Trinajstić information content (AvgIpc) is 3.78. The molecule has 8 heteroatoms. The summed E-state index contributed by atoms with van der Waals surface area (Å²) in [5.74, 6) is -0.737. The number of benzene rings is 3. The van der Waals surface area contributed by atoms with Crippen molar-refractivity contribution >= 4 is 28.9 Å². The fourth-order valence-corrected chi connectivity index (χ4v) is 7.66. The van der Waals surface area contributed by atoms with Crippen molar-refractivity contribution < 1.29 is 23.9 Å². The third-order valence-electron chi connectivity index (χ3n) is 9.65. The number of nitrogens with one attached hydrogen (secondary N) is 1. The van der Waals surface area contributed by atoms with Gasteiger partial charge in [-0.3, -0.25) is 9.69 Å². The molecule has 2 aliphatic heterocycles. The van der Waals surface area contributed by atoms with E-state index in [4.69, 9.17) is 9.47 Å². The number of aromatic amines is 1. The van der Waals surface area contributed by atoms with Gasteiger partial charge >= 0.3 is 12.1 Å². The maximum atomic E-state index is 14.5. The fraction of sp³-hybridized carbons (Fsp3) is 0.361. The molecule has 0 saturated carbocycles. The highest BCUT2D eigenvalue weighted by Gasteiger charge is 2.47. The van der Waals surface area contributed by atoms with Crippen LogP contribution in [-0.4, -0.2) is 65.1 Å². The van der Waals surface area contributed by atoms with Gasteiger partial charge in [-0.15, -0.1) is 0 Å². The highest BCUT2D eigenvalue weighted by Crippen LogP contribution is 2.45. The normalized spacial score (nSPS) is 20.7. The monoisotopic (exact) mass is 591 g/mol. The number of fused-ring (bicyclic) bond motifs is 6. The van der Waals surface area contributed by atoms with Gasteiger partial charge in [0.1, 0.15) is 18.7 Å². The second-order valence-electron chi connectivity index (χ2n) is 12.0. The number of esters is 1. The Balaban J connectivity index is 1.15. The minimum Gasteiger partial charge on any atom is -0.467 e. The van der Waals surface area contributed by atoms with Gasteiger partial charge in [-0.05, 0) is 53.1 Å². The lowest BCUT2D eigenvalue weighted by Crippen LogP contribution is -2.57. The summed E-state index contributed by atoms with van der Waals surface area (Å²) in [6.45, 7) is 2.70. The lowest BCUT2D eigenvalue weighted by Gasteiger charge is -2.42. The Morgan fingerprint density at radius 3 is 2.30 bits per heavy atom. The molecule has 44 heavy (non-hydrogen) atoms. The largest absolute Gasteiger partial charge is 0.467 e. The molecule has 1 fully saturated rings. The molecule has 226 valence electrons. The fourth-order valence-electron chi connectivity index (χ4n) is 7.66. The minimum atomic E-state index is -0.777. The van der Waals surface area contributed by atoms with E-state index in [-0.39, 0.29) is 24.5 Å². The molecule has 0 spiro atoms. The summed E-state index contributed by atoms with van der Waals surface area (Å²) >= 11 is 0. The van der Waals surface area contributed by atoms with E-state index in [1.54, 1.807) is 9.80 Å². The van der Waals surface area contributed by atoms with Crippen LogP contribution in [0.3, 0.4) is 0 Å². The Morgan fingerprint density at radius 2 is 1.59 bits per heavy atom. The van der Waals surface area contributed by atoms with Crippen LogP contribution in [0.2, 0.25) is 0 Å². The van der Waals surface area contributed by atoms with Crippen LogP contribution in [0.1, 0.15) is 67.0 Å². The second kappa shape index (κ2) is 11.5. The van der Waals surface area contributed by atoms with Gasteiger partial charge in [0.15, 0.2) is 0 Å². The standard InChI is InChI=1S/C36H37N3O5/c1-3-11-30-33-27(26-16-8-9-17-29(26)37-33)20-32(35(41)43-2)39(30)34(40)31-18-10-19-38(31)36(42)44-21-28-24-14-6-4-12-22(24)23-13-5-7-15-25(23)28/h4-9,12-17,28,30-32,37H,3,10-11,18-21H2,1-2H3/t30-,31-,32-/m0/s1. The zero-order valence-electron chi connectivity index (χ0n) is 25.1. The van der Waals surface area contributed by atoms with Gasteiger partial charge in [0.25, 0.3) is 0 Å². The van der Waals surface area contributed by atoms with Gasteiger partial charge in [0.05, 0.1) is 13.2 Å². The molecule has 3 aliphatic rings. The topological polar surface area (TPSA) is 91.9 Å². The lowest BCUT2D eigenvalue weighted by molar-refractivity contribution is -0.158. The highest BCUT2D eigenvalue weighted by molar-refractivity contribution is 5.93. The predicted molar refractivity (Wildman–Crippen MR) is 167 cm³/mol. The first kappa shape index (κ1) is 28.2. The molecule has 2 amide bonds. The van der Waals surface area contributed by atoms with Crippen molar-refractivity contribution in [1.29, 1.82) is 0 Å². The van der Waals surface area contributed by atoms with E-state index >= 15 is 0 Å². The average molecular weight is 592 g/mol. The highest BCUT2D eigenvalue weighted by atomic mass is 16.6. The Kier molecular flexibility index (Phi) is 7.36. The van der Waals surface area contributed by atoms with Crippen molar-refractivity contribution in [3.63, 3.8) is 0 Å². The van der Waals surface area contributed by atoms with E-state index in [1.807, 2.05) is 42.5 Å². The zero-order valence-corrected chi connectivity index (χ0v) is 25.1. The lowest BCUT2D eigenvalue weighted by atomic mass is 9.88. The van der Waals surface area contributed by atoms with Gasteiger partial charge < -0.3 is 19.4 Å². The quantitative estimate of drug-likeness (QED) is 0.264. The summed E-state index contributed by atoms with van der Waals surface area (Å²) in [6, 6.07) is 22.7. The summed E-state index contributed by atoms with van der Waals surface area (Å²) in [6.07, 6.45) is 2.57. The van der Waals surface area contributed by atoms with Crippen LogP contribution in [0.5, 0.6) is 0 Å². The van der Waals surface area contributed by atoms with Gasteiger partial charge in [0.2, 0.25) is 5.91 Å². The zero-order chi connectivity index (χ0) is 30.4. The van der Waals surface area contributed by atoms with Crippen molar-refractivity contribution in [2.75, 3.05) is 20.3 Å². The molecular weight excluding hydrogens is 554 g/mol. The maximum Gasteiger partial charge on any atom is 0.410 e. The summed E-state index contributed by atoms with van der Waals surface area (Å²) in [7, 11) is 1.36. The van der Waals surface area contributed by atoms with E-state index < -0.39 is 24.1 Å². The van der Waals surface area contributed by atoms with Crippen molar-refractivity contribution in [3.8, 4) is 11.1 Å². The third-order valence-corrected chi connectivity index (χ3v) is 9.65. The molecule has 7 rings (SSSR count). The molecule has 3 atom stereocenters. The van der Waals surface area contributed by atoms with E-state index in [0.29, 0.717) is 32.2 Å². The number of amides is 2. The van der Waals surface area contributed by atoms with Crippen LogP contribution in [-0.2, 0) is 25.5 Å². The number of likely N-dealkylation sites (tertiary alicyclic amines) is 1. The van der Waals surface area contributed by atoms with Crippen LogP contribution in [0.25, 0.3) is 22.0 Å². The van der Waals surface area contributed by atoms with Gasteiger partial charge in [-0.1, -0.05) is 80.1 Å².